The minimum atomic E-state index is -1.11. The van der Waals surface area contributed by atoms with Gasteiger partial charge in [0.05, 0.1) is 5.97 Å². The van der Waals surface area contributed by atoms with E-state index < -0.39 is 5.97 Å². The van der Waals surface area contributed by atoms with Crippen LogP contribution in [0.3, 0.4) is 0 Å². The Morgan fingerprint density at radius 3 is 2.87 bits per heavy atom. The summed E-state index contributed by atoms with van der Waals surface area (Å²) >= 11 is 5.82. The second-order valence-corrected chi connectivity index (χ2v) is 3.78. The van der Waals surface area contributed by atoms with Gasteiger partial charge in [0.2, 0.25) is 0 Å². The van der Waals surface area contributed by atoms with Crippen LogP contribution >= 0.6 is 11.6 Å². The predicted molar refractivity (Wildman–Crippen MR) is 58.5 cm³/mol. The molecule has 0 unspecified atom stereocenters. The fraction of sp³-hybridized carbons (Fsp3) is 0.250. The third kappa shape index (κ3) is 4.17. The summed E-state index contributed by atoms with van der Waals surface area (Å²) in [6, 6.07) is 7.54. The third-order valence-corrected chi connectivity index (χ3v) is 2.33. The quantitative estimate of drug-likeness (QED) is 0.733. The Bertz CT molecular complexity index is 383. The van der Waals surface area contributed by atoms with Crippen LogP contribution in [0.4, 0.5) is 0 Å². The Morgan fingerprint density at radius 1 is 1.53 bits per heavy atom. The van der Waals surface area contributed by atoms with Gasteiger partial charge in [-0.2, -0.15) is 0 Å². The molecule has 0 aliphatic carbocycles. The Kier molecular flexibility index (Phi) is 4.37. The lowest BCUT2D eigenvalue weighted by atomic mass is 10.1. The summed E-state index contributed by atoms with van der Waals surface area (Å²) in [5.74, 6) is -1.11. The summed E-state index contributed by atoms with van der Waals surface area (Å²) in [4.78, 5) is 10.4. The van der Waals surface area contributed by atoms with Crippen molar-refractivity contribution in [2.45, 2.75) is 19.8 Å². The summed E-state index contributed by atoms with van der Waals surface area (Å²) in [6.07, 6.45) is 3.13. The number of carbonyl (C=O) groups is 1. The van der Waals surface area contributed by atoms with Crippen LogP contribution in [0.5, 0.6) is 0 Å². The number of halogens is 1. The van der Waals surface area contributed by atoms with E-state index in [0.29, 0.717) is 11.4 Å². The van der Waals surface area contributed by atoms with Crippen molar-refractivity contribution in [3.63, 3.8) is 0 Å². The summed E-state index contributed by atoms with van der Waals surface area (Å²) in [7, 11) is 0. The molecule has 0 bridgehead atoms. The number of aryl methyl sites for hydroxylation is 1. The first kappa shape index (κ1) is 11.8. The highest BCUT2D eigenvalue weighted by molar-refractivity contribution is 6.30. The average molecular weight is 224 g/mol. The molecule has 0 radical (unpaired) electrons. The SMILES string of the molecule is C/C(=C\CCc1cccc(Cl)c1)C(=O)[O-]. The molecule has 0 spiro atoms. The molecule has 0 saturated carbocycles. The maximum Gasteiger partial charge on any atom is 0.0668 e. The smallest absolute Gasteiger partial charge is 0.0668 e. The average Bonchev–Trinajstić information content (AvgIpc) is 2.17. The number of hydrogen-bond acceptors (Lipinski definition) is 2. The van der Waals surface area contributed by atoms with E-state index in [1.54, 1.807) is 6.08 Å². The minimum absolute atomic E-state index is 0.275. The Balaban J connectivity index is 2.51. The van der Waals surface area contributed by atoms with Gasteiger partial charge >= 0.3 is 0 Å². The van der Waals surface area contributed by atoms with Crippen molar-refractivity contribution in [1.29, 1.82) is 0 Å². The van der Waals surface area contributed by atoms with Gasteiger partial charge in [0.15, 0.2) is 0 Å². The molecule has 0 N–H and O–H groups in total. The second kappa shape index (κ2) is 5.56. The van der Waals surface area contributed by atoms with Gasteiger partial charge in [-0.05, 0) is 43.0 Å². The van der Waals surface area contributed by atoms with Crippen LogP contribution in [0.1, 0.15) is 18.9 Å². The van der Waals surface area contributed by atoms with Crippen molar-refractivity contribution in [3.05, 3.63) is 46.5 Å². The molecule has 0 aliphatic rings. The zero-order valence-corrected chi connectivity index (χ0v) is 9.25. The predicted octanol–water partition coefficient (Wildman–Crippen LogP) is 1.97. The van der Waals surface area contributed by atoms with Gasteiger partial charge in [-0.1, -0.05) is 29.8 Å². The Hall–Kier alpha value is -1.28. The van der Waals surface area contributed by atoms with E-state index in [1.807, 2.05) is 24.3 Å². The minimum Gasteiger partial charge on any atom is -0.545 e. The van der Waals surface area contributed by atoms with Crippen molar-refractivity contribution in [2.24, 2.45) is 0 Å². The van der Waals surface area contributed by atoms with Crippen LogP contribution < -0.4 is 5.11 Å². The Morgan fingerprint density at radius 2 is 2.27 bits per heavy atom. The molecule has 0 aliphatic heterocycles. The first-order valence-electron chi connectivity index (χ1n) is 4.72. The van der Waals surface area contributed by atoms with Crippen molar-refractivity contribution >= 4 is 17.6 Å². The summed E-state index contributed by atoms with van der Waals surface area (Å²) in [6.45, 7) is 1.54. The fourth-order valence-corrected chi connectivity index (χ4v) is 1.44. The largest absolute Gasteiger partial charge is 0.545 e. The van der Waals surface area contributed by atoms with E-state index in [0.717, 1.165) is 12.0 Å². The molecule has 0 atom stereocenters. The number of allylic oxidation sites excluding steroid dienone is 1. The molecule has 1 aromatic rings. The molecular formula is C12H12ClO2-. The van der Waals surface area contributed by atoms with Gasteiger partial charge in [0.25, 0.3) is 0 Å². The van der Waals surface area contributed by atoms with E-state index in [-0.39, 0.29) is 5.57 Å². The number of benzene rings is 1. The molecule has 2 nitrogen and oxygen atoms in total. The Labute approximate surface area is 94.2 Å². The van der Waals surface area contributed by atoms with Gasteiger partial charge in [-0.15, -0.1) is 0 Å². The molecule has 0 heterocycles. The van der Waals surface area contributed by atoms with Crippen LogP contribution in [0.25, 0.3) is 0 Å². The van der Waals surface area contributed by atoms with Crippen LogP contribution in [0.15, 0.2) is 35.9 Å². The second-order valence-electron chi connectivity index (χ2n) is 3.34. The van der Waals surface area contributed by atoms with Crippen molar-refractivity contribution < 1.29 is 9.90 Å². The van der Waals surface area contributed by atoms with E-state index in [2.05, 4.69) is 0 Å². The van der Waals surface area contributed by atoms with Gasteiger partial charge in [-0.3, -0.25) is 0 Å². The van der Waals surface area contributed by atoms with Gasteiger partial charge in [0.1, 0.15) is 0 Å². The van der Waals surface area contributed by atoms with Crippen LogP contribution in [-0.2, 0) is 11.2 Å². The molecular weight excluding hydrogens is 212 g/mol. The number of aliphatic carboxylic acids is 1. The highest BCUT2D eigenvalue weighted by atomic mass is 35.5. The zero-order chi connectivity index (χ0) is 11.3. The lowest BCUT2D eigenvalue weighted by Gasteiger charge is -2.02. The lowest BCUT2D eigenvalue weighted by Crippen LogP contribution is -2.22. The monoisotopic (exact) mass is 223 g/mol. The molecule has 1 rings (SSSR count). The topological polar surface area (TPSA) is 40.1 Å². The summed E-state index contributed by atoms with van der Waals surface area (Å²) in [5, 5.41) is 11.1. The van der Waals surface area contributed by atoms with Crippen LogP contribution in [0, 0.1) is 0 Å². The van der Waals surface area contributed by atoms with Gasteiger partial charge < -0.3 is 9.90 Å². The van der Waals surface area contributed by atoms with E-state index in [9.17, 15) is 9.90 Å². The van der Waals surface area contributed by atoms with Crippen molar-refractivity contribution in [1.82, 2.24) is 0 Å². The zero-order valence-electron chi connectivity index (χ0n) is 8.50. The summed E-state index contributed by atoms with van der Waals surface area (Å²) in [5.41, 5.74) is 1.38. The summed E-state index contributed by atoms with van der Waals surface area (Å²) < 4.78 is 0. The molecule has 0 amide bonds. The normalized spacial score (nSPS) is 11.5. The number of carbonyl (C=O) groups excluding carboxylic acids is 1. The first-order chi connectivity index (χ1) is 7.09. The van der Waals surface area contributed by atoms with Crippen LogP contribution in [-0.4, -0.2) is 5.97 Å². The maximum absolute atomic E-state index is 10.4. The number of carboxylic acids is 1. The number of rotatable bonds is 4. The highest BCUT2D eigenvalue weighted by Crippen LogP contribution is 2.12. The highest BCUT2D eigenvalue weighted by Gasteiger charge is 1.94. The van der Waals surface area contributed by atoms with Gasteiger partial charge in [0, 0.05) is 5.02 Å². The lowest BCUT2D eigenvalue weighted by molar-refractivity contribution is -0.299. The standard InChI is InChI=1S/C12H13ClO2/c1-9(12(14)15)4-2-5-10-6-3-7-11(13)8-10/h3-4,6-8H,2,5H2,1H3,(H,14,15)/p-1/b9-4+. The van der Waals surface area contributed by atoms with Gasteiger partial charge in [-0.25, -0.2) is 0 Å². The van der Waals surface area contributed by atoms with E-state index >= 15 is 0 Å². The van der Waals surface area contributed by atoms with E-state index in [1.165, 1.54) is 6.92 Å². The fourth-order valence-electron chi connectivity index (χ4n) is 1.23. The molecule has 80 valence electrons. The van der Waals surface area contributed by atoms with Crippen molar-refractivity contribution in [2.75, 3.05) is 0 Å². The molecule has 0 aromatic heterocycles. The molecule has 0 fully saturated rings. The maximum atomic E-state index is 10.4. The van der Waals surface area contributed by atoms with Crippen molar-refractivity contribution in [3.8, 4) is 0 Å². The third-order valence-electron chi connectivity index (χ3n) is 2.09. The first-order valence-corrected chi connectivity index (χ1v) is 5.10. The number of carboxylic acid groups (broad SMARTS) is 1. The molecule has 3 heteroatoms. The molecule has 15 heavy (non-hydrogen) atoms. The molecule has 0 saturated heterocycles. The van der Waals surface area contributed by atoms with Crippen LogP contribution in [0.2, 0.25) is 5.02 Å². The number of hydrogen-bond donors (Lipinski definition) is 0. The van der Waals surface area contributed by atoms with E-state index in [4.69, 9.17) is 11.6 Å². The molecule has 1 aromatic carbocycles.